The second kappa shape index (κ2) is 7.31. The fraction of sp³-hybridized carbons (Fsp3) is 0.235. The minimum absolute atomic E-state index is 0.124. The van der Waals surface area contributed by atoms with Gasteiger partial charge in [-0.3, -0.25) is 14.9 Å². The van der Waals surface area contributed by atoms with Crippen molar-refractivity contribution in [3.63, 3.8) is 0 Å². The molecule has 2 aromatic rings. The SMILES string of the molecule is CC(NC(=O)c1cc([N+](=O)[O-])ccc1N(C)C)c1cccc(Cl)c1. The van der Waals surface area contributed by atoms with Crippen LogP contribution in [-0.4, -0.2) is 24.9 Å². The normalized spacial score (nSPS) is 11.7. The molecule has 0 heterocycles. The topological polar surface area (TPSA) is 75.5 Å². The molecule has 0 saturated carbocycles. The third-order valence-electron chi connectivity index (χ3n) is 3.61. The van der Waals surface area contributed by atoms with Crippen molar-refractivity contribution in [3.8, 4) is 0 Å². The standard InChI is InChI=1S/C17H18ClN3O3/c1-11(12-5-4-6-13(18)9-12)19-17(22)15-10-14(21(23)24)7-8-16(15)20(2)3/h4-11H,1-3H3,(H,19,22). The van der Waals surface area contributed by atoms with Crippen molar-refractivity contribution in [2.24, 2.45) is 0 Å². The fourth-order valence-electron chi connectivity index (χ4n) is 2.34. The van der Waals surface area contributed by atoms with Gasteiger partial charge in [-0.15, -0.1) is 0 Å². The largest absolute Gasteiger partial charge is 0.377 e. The first-order valence-electron chi connectivity index (χ1n) is 7.31. The Bertz CT molecular complexity index is 777. The van der Waals surface area contributed by atoms with Crippen molar-refractivity contribution in [1.82, 2.24) is 5.32 Å². The van der Waals surface area contributed by atoms with E-state index in [1.165, 1.54) is 12.1 Å². The molecule has 6 nitrogen and oxygen atoms in total. The van der Waals surface area contributed by atoms with Gasteiger partial charge in [-0.05, 0) is 30.7 Å². The molecule has 0 aliphatic heterocycles. The molecule has 7 heteroatoms. The zero-order chi connectivity index (χ0) is 17.9. The van der Waals surface area contributed by atoms with Gasteiger partial charge < -0.3 is 10.2 Å². The van der Waals surface area contributed by atoms with E-state index in [2.05, 4.69) is 5.32 Å². The van der Waals surface area contributed by atoms with E-state index >= 15 is 0 Å². The third kappa shape index (κ3) is 4.02. The van der Waals surface area contributed by atoms with E-state index in [4.69, 9.17) is 11.6 Å². The number of amides is 1. The van der Waals surface area contributed by atoms with Crippen LogP contribution in [0.4, 0.5) is 11.4 Å². The molecular weight excluding hydrogens is 330 g/mol. The van der Waals surface area contributed by atoms with Gasteiger partial charge in [0.05, 0.1) is 16.5 Å². The lowest BCUT2D eigenvalue weighted by molar-refractivity contribution is -0.384. The maximum Gasteiger partial charge on any atom is 0.270 e. The molecule has 1 atom stereocenters. The number of anilines is 1. The van der Waals surface area contributed by atoms with Gasteiger partial charge in [0.1, 0.15) is 0 Å². The van der Waals surface area contributed by atoms with Crippen LogP contribution in [0.3, 0.4) is 0 Å². The second-order valence-electron chi connectivity index (χ2n) is 5.60. The maximum absolute atomic E-state index is 12.6. The van der Waals surface area contributed by atoms with Gasteiger partial charge in [-0.25, -0.2) is 0 Å². The average molecular weight is 348 g/mol. The minimum Gasteiger partial charge on any atom is -0.377 e. The van der Waals surface area contributed by atoms with Crippen LogP contribution in [-0.2, 0) is 0 Å². The second-order valence-corrected chi connectivity index (χ2v) is 6.04. The summed E-state index contributed by atoms with van der Waals surface area (Å²) >= 11 is 5.97. The molecule has 24 heavy (non-hydrogen) atoms. The Kier molecular flexibility index (Phi) is 5.41. The summed E-state index contributed by atoms with van der Waals surface area (Å²) in [6, 6.07) is 11.1. The van der Waals surface area contributed by atoms with Crippen molar-refractivity contribution < 1.29 is 9.72 Å². The van der Waals surface area contributed by atoms with E-state index in [1.54, 1.807) is 43.3 Å². The van der Waals surface area contributed by atoms with E-state index in [1.807, 2.05) is 13.0 Å². The van der Waals surface area contributed by atoms with Crippen LogP contribution in [0.5, 0.6) is 0 Å². The Morgan fingerprint density at radius 2 is 1.96 bits per heavy atom. The monoisotopic (exact) mass is 347 g/mol. The number of hydrogen-bond acceptors (Lipinski definition) is 4. The first-order valence-corrected chi connectivity index (χ1v) is 7.69. The molecule has 1 N–H and O–H groups in total. The van der Waals surface area contributed by atoms with Crippen molar-refractivity contribution in [1.29, 1.82) is 0 Å². The number of hydrogen-bond donors (Lipinski definition) is 1. The van der Waals surface area contributed by atoms with Crippen molar-refractivity contribution in [3.05, 3.63) is 68.7 Å². The predicted octanol–water partition coefficient (Wildman–Crippen LogP) is 3.81. The number of nitrogens with one attached hydrogen (secondary N) is 1. The van der Waals surface area contributed by atoms with Gasteiger partial charge in [0, 0.05) is 36.9 Å². The van der Waals surface area contributed by atoms with E-state index in [0.29, 0.717) is 10.7 Å². The Labute approximate surface area is 145 Å². The highest BCUT2D eigenvalue weighted by atomic mass is 35.5. The van der Waals surface area contributed by atoms with E-state index < -0.39 is 4.92 Å². The Hall–Kier alpha value is -2.60. The van der Waals surface area contributed by atoms with E-state index in [0.717, 1.165) is 5.56 Å². The highest BCUT2D eigenvalue weighted by Gasteiger charge is 2.19. The molecule has 0 radical (unpaired) electrons. The molecule has 0 bridgehead atoms. The van der Waals surface area contributed by atoms with Crippen LogP contribution >= 0.6 is 11.6 Å². The first kappa shape index (κ1) is 17.7. The van der Waals surface area contributed by atoms with Crippen LogP contribution in [0.25, 0.3) is 0 Å². The van der Waals surface area contributed by atoms with Crippen LogP contribution in [0.2, 0.25) is 5.02 Å². The molecule has 0 spiro atoms. The molecule has 0 aliphatic carbocycles. The van der Waals surface area contributed by atoms with Gasteiger partial charge in [0.25, 0.3) is 11.6 Å². The lowest BCUT2D eigenvalue weighted by Crippen LogP contribution is -2.28. The van der Waals surface area contributed by atoms with Gasteiger partial charge in [-0.1, -0.05) is 23.7 Å². The number of non-ortho nitro benzene ring substituents is 1. The fourth-order valence-corrected chi connectivity index (χ4v) is 2.54. The maximum atomic E-state index is 12.6. The number of halogens is 1. The third-order valence-corrected chi connectivity index (χ3v) is 3.85. The predicted molar refractivity (Wildman–Crippen MR) is 94.8 cm³/mol. The summed E-state index contributed by atoms with van der Waals surface area (Å²) < 4.78 is 0. The molecule has 2 aromatic carbocycles. The number of rotatable bonds is 5. The van der Waals surface area contributed by atoms with Gasteiger partial charge >= 0.3 is 0 Å². The van der Waals surface area contributed by atoms with Gasteiger partial charge in [-0.2, -0.15) is 0 Å². The van der Waals surface area contributed by atoms with E-state index in [9.17, 15) is 14.9 Å². The summed E-state index contributed by atoms with van der Waals surface area (Å²) in [6.45, 7) is 1.83. The summed E-state index contributed by atoms with van der Waals surface area (Å²) in [5.74, 6) is -0.380. The Morgan fingerprint density at radius 1 is 1.25 bits per heavy atom. The molecule has 0 aromatic heterocycles. The Morgan fingerprint density at radius 3 is 2.54 bits per heavy atom. The summed E-state index contributed by atoms with van der Waals surface area (Å²) in [5.41, 5.74) is 1.59. The molecule has 0 aliphatic rings. The minimum atomic E-state index is -0.517. The average Bonchev–Trinajstić information content (AvgIpc) is 2.53. The van der Waals surface area contributed by atoms with Crippen LogP contribution in [0, 0.1) is 10.1 Å². The number of nitro groups is 1. The molecule has 0 saturated heterocycles. The van der Waals surface area contributed by atoms with Crippen LogP contribution in [0.1, 0.15) is 28.9 Å². The molecule has 1 amide bonds. The Balaban J connectivity index is 2.31. The summed E-state index contributed by atoms with van der Waals surface area (Å²) in [6.07, 6.45) is 0. The van der Waals surface area contributed by atoms with Crippen molar-refractivity contribution in [2.45, 2.75) is 13.0 Å². The number of carbonyl (C=O) groups is 1. The molecule has 0 fully saturated rings. The zero-order valence-electron chi connectivity index (χ0n) is 13.6. The zero-order valence-corrected chi connectivity index (χ0v) is 14.4. The van der Waals surface area contributed by atoms with Gasteiger partial charge in [0.2, 0.25) is 0 Å². The first-order chi connectivity index (χ1) is 11.3. The van der Waals surface area contributed by atoms with Crippen molar-refractivity contribution in [2.75, 3.05) is 19.0 Å². The molecular formula is C17H18ClN3O3. The highest BCUT2D eigenvalue weighted by molar-refractivity contribution is 6.30. The number of nitrogens with zero attached hydrogens (tertiary/aromatic N) is 2. The number of benzene rings is 2. The van der Waals surface area contributed by atoms with Crippen LogP contribution in [0.15, 0.2) is 42.5 Å². The lowest BCUT2D eigenvalue weighted by Gasteiger charge is -2.19. The van der Waals surface area contributed by atoms with E-state index in [-0.39, 0.29) is 23.2 Å². The number of carbonyl (C=O) groups excluding carboxylic acids is 1. The summed E-state index contributed by atoms with van der Waals surface area (Å²) in [7, 11) is 3.55. The molecule has 2 rings (SSSR count). The smallest absolute Gasteiger partial charge is 0.270 e. The quantitative estimate of drug-likeness (QED) is 0.659. The summed E-state index contributed by atoms with van der Waals surface area (Å²) in [5, 5.41) is 14.4. The van der Waals surface area contributed by atoms with Crippen molar-refractivity contribution >= 4 is 28.9 Å². The van der Waals surface area contributed by atoms with Crippen LogP contribution < -0.4 is 10.2 Å². The van der Waals surface area contributed by atoms with Gasteiger partial charge in [0.15, 0.2) is 0 Å². The lowest BCUT2D eigenvalue weighted by atomic mass is 10.1. The molecule has 126 valence electrons. The summed E-state index contributed by atoms with van der Waals surface area (Å²) in [4.78, 5) is 24.8. The number of nitro benzene ring substituents is 1. The molecule has 1 unspecified atom stereocenters. The highest BCUT2D eigenvalue weighted by Crippen LogP contribution is 2.25.